The summed E-state index contributed by atoms with van der Waals surface area (Å²) in [5.41, 5.74) is 0. The zero-order valence-electron chi connectivity index (χ0n) is 6.42. The Morgan fingerprint density at radius 3 is 2.50 bits per heavy atom. The van der Waals surface area contributed by atoms with Gasteiger partial charge >= 0.3 is 65.2 Å². The van der Waals surface area contributed by atoms with Crippen molar-refractivity contribution in [2.75, 3.05) is 6.61 Å². The van der Waals surface area contributed by atoms with Gasteiger partial charge in [-0.25, -0.2) is 0 Å². The molecule has 0 bridgehead atoms. The first-order valence-electron chi connectivity index (χ1n) is 3.18. The molecule has 0 N–H and O–H groups in total. The summed E-state index contributed by atoms with van der Waals surface area (Å²) in [5.74, 6) is 0.0636. The van der Waals surface area contributed by atoms with Crippen LogP contribution in [0.3, 0.4) is 0 Å². The molecule has 0 aromatic rings. The summed E-state index contributed by atoms with van der Waals surface area (Å²) in [6.45, 7) is 4.24. The van der Waals surface area contributed by atoms with Crippen molar-refractivity contribution in [2.45, 2.75) is 18.9 Å². The van der Waals surface area contributed by atoms with E-state index in [9.17, 15) is 4.79 Å². The summed E-state index contributed by atoms with van der Waals surface area (Å²) in [6, 6.07) is 0. The summed E-state index contributed by atoms with van der Waals surface area (Å²) >= 11 is 1.17. The molecule has 0 aliphatic carbocycles. The van der Waals surface area contributed by atoms with Crippen LogP contribution in [0.5, 0.6) is 0 Å². The summed E-state index contributed by atoms with van der Waals surface area (Å²) in [7, 11) is 0. The Labute approximate surface area is 82.2 Å². The van der Waals surface area contributed by atoms with Crippen molar-refractivity contribution in [3.63, 3.8) is 0 Å². The normalized spacial score (nSPS) is 11.6. The SMILES string of the molecule is Br.CCOC(=O)C(C)[CH2][Zn]. The van der Waals surface area contributed by atoms with Crippen LogP contribution in [0.1, 0.15) is 13.8 Å². The van der Waals surface area contributed by atoms with E-state index in [1.54, 1.807) is 0 Å². The van der Waals surface area contributed by atoms with Crippen LogP contribution in [0.15, 0.2) is 0 Å². The van der Waals surface area contributed by atoms with Gasteiger partial charge in [0.1, 0.15) is 0 Å². The van der Waals surface area contributed by atoms with Gasteiger partial charge in [-0.2, -0.15) is 0 Å². The average molecular weight is 261 g/mol. The van der Waals surface area contributed by atoms with E-state index < -0.39 is 0 Å². The number of carbonyl (C=O) groups excluding carboxylic acids is 1. The van der Waals surface area contributed by atoms with Gasteiger partial charge < -0.3 is 0 Å². The fraction of sp³-hybridized carbons (Fsp3) is 0.833. The van der Waals surface area contributed by atoms with E-state index in [4.69, 9.17) is 4.74 Å². The minimum atomic E-state index is -0.0521. The standard InChI is InChI=1S/C6H11O2.BrH.Zn/c1-4-8-6(7)5(2)3;;/h5H,2,4H2,1,3H3;1H;. The van der Waals surface area contributed by atoms with E-state index in [0.717, 1.165) is 5.02 Å². The summed E-state index contributed by atoms with van der Waals surface area (Å²) in [5, 5.41) is 0.985. The van der Waals surface area contributed by atoms with Crippen molar-refractivity contribution in [1.29, 1.82) is 0 Å². The van der Waals surface area contributed by atoms with Crippen LogP contribution in [-0.4, -0.2) is 12.6 Å². The molecule has 4 heteroatoms. The zero-order valence-corrected chi connectivity index (χ0v) is 11.1. The molecule has 0 aromatic carbocycles. The molecule has 0 heterocycles. The van der Waals surface area contributed by atoms with Crippen LogP contribution in [0, 0.1) is 5.92 Å². The van der Waals surface area contributed by atoms with Crippen molar-refractivity contribution in [1.82, 2.24) is 0 Å². The number of hydrogen-bond donors (Lipinski definition) is 0. The first kappa shape index (κ1) is 13.2. The molecule has 57 valence electrons. The Morgan fingerprint density at radius 2 is 2.20 bits per heavy atom. The van der Waals surface area contributed by atoms with E-state index in [-0.39, 0.29) is 28.9 Å². The third-order valence-corrected chi connectivity index (χ3v) is 2.94. The van der Waals surface area contributed by atoms with Gasteiger partial charge in [-0.15, -0.1) is 17.0 Å². The molecule has 0 aliphatic rings. The third-order valence-electron chi connectivity index (χ3n) is 1.12. The molecule has 0 saturated heterocycles. The van der Waals surface area contributed by atoms with Crippen LogP contribution in [0.25, 0.3) is 0 Å². The summed E-state index contributed by atoms with van der Waals surface area (Å²) in [4.78, 5) is 10.8. The Balaban J connectivity index is 0. The van der Waals surface area contributed by atoms with Gasteiger partial charge in [-0.05, 0) is 0 Å². The fourth-order valence-corrected chi connectivity index (χ4v) is 0.897. The Hall–Kier alpha value is 0.573. The fourth-order valence-electron chi connectivity index (χ4n) is 0.402. The minimum absolute atomic E-state index is 0. The number of carbonyl (C=O) groups is 1. The summed E-state index contributed by atoms with van der Waals surface area (Å²) < 4.78 is 4.78. The van der Waals surface area contributed by atoms with E-state index in [0.29, 0.717) is 6.61 Å². The second-order valence-electron chi connectivity index (χ2n) is 1.94. The third kappa shape index (κ3) is 5.37. The number of rotatable bonds is 3. The van der Waals surface area contributed by atoms with Crippen molar-refractivity contribution in [3.05, 3.63) is 0 Å². The Bertz CT molecular complexity index is 97.7. The number of halogens is 1. The van der Waals surface area contributed by atoms with Crippen molar-refractivity contribution in [3.8, 4) is 0 Å². The van der Waals surface area contributed by atoms with Crippen LogP contribution >= 0.6 is 17.0 Å². The number of hydrogen-bond acceptors (Lipinski definition) is 2. The van der Waals surface area contributed by atoms with Gasteiger partial charge in [0.25, 0.3) is 0 Å². The molecule has 0 saturated carbocycles. The number of esters is 1. The molecule has 0 aliphatic heterocycles. The predicted molar refractivity (Wildman–Crippen MR) is 40.9 cm³/mol. The molecule has 10 heavy (non-hydrogen) atoms. The zero-order chi connectivity index (χ0) is 7.28. The maximum atomic E-state index is 10.8. The van der Waals surface area contributed by atoms with Gasteiger partial charge in [-0.3, -0.25) is 0 Å². The van der Waals surface area contributed by atoms with E-state index in [1.165, 1.54) is 18.3 Å². The van der Waals surface area contributed by atoms with Crippen LogP contribution in [0.4, 0.5) is 0 Å². The second kappa shape index (κ2) is 7.68. The van der Waals surface area contributed by atoms with Crippen LogP contribution in [-0.2, 0) is 27.8 Å². The first-order chi connectivity index (χ1) is 4.22. The van der Waals surface area contributed by atoms with Gasteiger partial charge in [0.2, 0.25) is 0 Å². The quantitative estimate of drug-likeness (QED) is 0.571. The molecule has 1 atom stereocenters. The molecular weight excluding hydrogens is 249 g/mol. The van der Waals surface area contributed by atoms with Gasteiger partial charge in [0.15, 0.2) is 0 Å². The average Bonchev–Trinajstić information content (AvgIpc) is 1.87. The molecule has 1 unspecified atom stereocenters. The second-order valence-corrected chi connectivity index (χ2v) is 3.15. The molecule has 0 amide bonds. The van der Waals surface area contributed by atoms with Crippen LogP contribution in [0.2, 0.25) is 5.02 Å². The van der Waals surface area contributed by atoms with Gasteiger partial charge in [-0.1, -0.05) is 0 Å². The molecule has 0 fully saturated rings. The number of ether oxygens (including phenoxy) is 1. The van der Waals surface area contributed by atoms with Gasteiger partial charge in [0.05, 0.1) is 0 Å². The van der Waals surface area contributed by atoms with Crippen LogP contribution < -0.4 is 0 Å². The molecular formula is C6H12BrO2Zn. The molecule has 0 spiro atoms. The maximum absolute atomic E-state index is 10.8. The van der Waals surface area contributed by atoms with E-state index in [1.807, 2.05) is 13.8 Å². The van der Waals surface area contributed by atoms with E-state index in [2.05, 4.69) is 0 Å². The van der Waals surface area contributed by atoms with Gasteiger partial charge in [0, 0.05) is 0 Å². The first-order valence-corrected chi connectivity index (χ1v) is 5.28. The monoisotopic (exact) mass is 259 g/mol. The van der Waals surface area contributed by atoms with E-state index >= 15 is 0 Å². The summed E-state index contributed by atoms with van der Waals surface area (Å²) in [6.07, 6.45) is 0. The Morgan fingerprint density at radius 1 is 1.70 bits per heavy atom. The Kier molecular flexibility index (Phi) is 10.1. The molecule has 0 radical (unpaired) electrons. The van der Waals surface area contributed by atoms with Crippen molar-refractivity contribution >= 4 is 23.0 Å². The molecule has 2 nitrogen and oxygen atoms in total. The van der Waals surface area contributed by atoms with Crippen molar-refractivity contribution in [2.24, 2.45) is 5.92 Å². The predicted octanol–water partition coefficient (Wildman–Crippen LogP) is 1.73. The molecule has 0 aromatic heterocycles. The van der Waals surface area contributed by atoms with Crippen molar-refractivity contribution < 1.29 is 27.8 Å². The molecule has 0 rings (SSSR count). The topological polar surface area (TPSA) is 26.3 Å².